The van der Waals surface area contributed by atoms with Crippen molar-refractivity contribution in [3.05, 3.63) is 0 Å². The number of aliphatic carboxylic acids is 1. The summed E-state index contributed by atoms with van der Waals surface area (Å²) in [7, 11) is 1.88. The Morgan fingerprint density at radius 1 is 1.53 bits per heavy atom. The third-order valence-corrected chi connectivity index (χ3v) is 3.86. The number of hydrogen-bond acceptors (Lipinski definition) is 3. The van der Waals surface area contributed by atoms with E-state index in [1.165, 1.54) is 0 Å². The lowest BCUT2D eigenvalue weighted by molar-refractivity contribution is -0.158. The summed E-state index contributed by atoms with van der Waals surface area (Å²) < 4.78 is 5.84. The fourth-order valence-corrected chi connectivity index (χ4v) is 2.59. The summed E-state index contributed by atoms with van der Waals surface area (Å²) in [5.41, 5.74) is 0.0535. The third-order valence-electron chi connectivity index (χ3n) is 3.86. The molecular formula is C13H25NO3. The van der Waals surface area contributed by atoms with Gasteiger partial charge in [0, 0.05) is 18.1 Å². The Morgan fingerprint density at radius 3 is 2.65 bits per heavy atom. The van der Waals surface area contributed by atoms with Gasteiger partial charge in [-0.25, -0.2) is 0 Å². The summed E-state index contributed by atoms with van der Waals surface area (Å²) in [4.78, 5) is 12.6. The predicted octanol–water partition coefficient (Wildman–Crippen LogP) is 1.99. The summed E-state index contributed by atoms with van der Waals surface area (Å²) in [5, 5.41) is 8.79. The van der Waals surface area contributed by atoms with Gasteiger partial charge in [-0.3, -0.25) is 9.69 Å². The normalized spacial score (nSPS) is 26.9. The van der Waals surface area contributed by atoms with E-state index in [9.17, 15) is 4.79 Å². The quantitative estimate of drug-likeness (QED) is 0.695. The van der Waals surface area contributed by atoms with E-state index >= 15 is 0 Å². The van der Waals surface area contributed by atoms with E-state index in [1.807, 2.05) is 11.9 Å². The molecule has 0 radical (unpaired) electrons. The van der Waals surface area contributed by atoms with Crippen molar-refractivity contribution in [2.75, 3.05) is 20.2 Å². The van der Waals surface area contributed by atoms with Gasteiger partial charge in [0.15, 0.2) is 0 Å². The number of unbranched alkanes of at least 4 members (excludes halogenated alkanes) is 1. The number of carboxylic acid groups (broad SMARTS) is 1. The first-order valence-corrected chi connectivity index (χ1v) is 6.43. The molecule has 1 saturated carbocycles. The van der Waals surface area contributed by atoms with Crippen LogP contribution in [0.15, 0.2) is 0 Å². The van der Waals surface area contributed by atoms with Gasteiger partial charge < -0.3 is 9.84 Å². The van der Waals surface area contributed by atoms with Crippen LogP contribution in [0.5, 0.6) is 0 Å². The minimum Gasteiger partial charge on any atom is -0.480 e. The summed E-state index contributed by atoms with van der Waals surface area (Å²) in [5.74, 6) is -0.765. The molecule has 0 saturated heterocycles. The Hall–Kier alpha value is -0.610. The van der Waals surface area contributed by atoms with Crippen molar-refractivity contribution in [3.63, 3.8) is 0 Å². The molecule has 1 N–H and O–H groups in total. The van der Waals surface area contributed by atoms with Crippen molar-refractivity contribution in [1.82, 2.24) is 4.90 Å². The molecule has 0 unspecified atom stereocenters. The van der Waals surface area contributed by atoms with Gasteiger partial charge in [-0.15, -0.1) is 0 Å². The molecule has 0 aromatic rings. The molecule has 4 nitrogen and oxygen atoms in total. The van der Waals surface area contributed by atoms with Gasteiger partial charge in [0.1, 0.15) is 0 Å². The van der Waals surface area contributed by atoms with Crippen molar-refractivity contribution < 1.29 is 14.6 Å². The maximum atomic E-state index is 10.7. The molecule has 0 heterocycles. The van der Waals surface area contributed by atoms with Crippen LogP contribution in [0, 0.1) is 5.41 Å². The molecule has 100 valence electrons. The highest BCUT2D eigenvalue weighted by molar-refractivity contribution is 5.69. The second-order valence-corrected chi connectivity index (χ2v) is 5.59. The molecule has 4 heteroatoms. The molecule has 17 heavy (non-hydrogen) atoms. The van der Waals surface area contributed by atoms with Crippen LogP contribution in [0.25, 0.3) is 0 Å². The minimum absolute atomic E-state index is 0.0535. The van der Waals surface area contributed by atoms with Crippen LogP contribution in [0.1, 0.15) is 40.0 Å². The fraction of sp³-hybridized carbons (Fsp3) is 0.923. The zero-order chi connectivity index (χ0) is 13.1. The molecule has 0 aliphatic heterocycles. The van der Waals surface area contributed by atoms with E-state index in [0.29, 0.717) is 6.04 Å². The SMILES string of the molecule is CCCCO[C@H]1C[C@H](N(C)CC(=O)O)C1(C)C. The fourth-order valence-electron chi connectivity index (χ4n) is 2.59. The van der Waals surface area contributed by atoms with Crippen molar-refractivity contribution in [2.45, 2.75) is 52.2 Å². The van der Waals surface area contributed by atoms with Gasteiger partial charge in [-0.1, -0.05) is 27.2 Å². The molecule has 0 amide bonds. The summed E-state index contributed by atoms with van der Waals surface area (Å²) in [6.45, 7) is 7.40. The van der Waals surface area contributed by atoms with Crippen LogP contribution in [-0.2, 0) is 9.53 Å². The van der Waals surface area contributed by atoms with E-state index in [-0.39, 0.29) is 18.1 Å². The average molecular weight is 243 g/mol. The lowest BCUT2D eigenvalue weighted by atomic mass is 9.64. The van der Waals surface area contributed by atoms with Crippen molar-refractivity contribution in [3.8, 4) is 0 Å². The molecule has 1 aliphatic rings. The van der Waals surface area contributed by atoms with Crippen molar-refractivity contribution in [1.29, 1.82) is 0 Å². The zero-order valence-corrected chi connectivity index (χ0v) is 11.4. The average Bonchev–Trinajstić information content (AvgIpc) is 2.21. The van der Waals surface area contributed by atoms with Crippen LogP contribution < -0.4 is 0 Å². The highest BCUT2D eigenvalue weighted by Gasteiger charge is 2.50. The number of carbonyl (C=O) groups is 1. The number of likely N-dealkylation sites (N-methyl/N-ethyl adjacent to an activating group) is 1. The molecule has 0 aromatic carbocycles. The third kappa shape index (κ3) is 3.42. The van der Waals surface area contributed by atoms with Crippen LogP contribution in [-0.4, -0.2) is 48.3 Å². The van der Waals surface area contributed by atoms with Gasteiger partial charge in [0.25, 0.3) is 0 Å². The number of nitrogens with zero attached hydrogens (tertiary/aromatic N) is 1. The maximum absolute atomic E-state index is 10.7. The lowest BCUT2D eigenvalue weighted by Crippen LogP contribution is -2.61. The molecule has 2 atom stereocenters. The molecule has 1 rings (SSSR count). The predicted molar refractivity (Wildman–Crippen MR) is 67.1 cm³/mol. The summed E-state index contributed by atoms with van der Waals surface area (Å²) in [6, 6.07) is 0.310. The Balaban J connectivity index is 2.40. The molecule has 1 aliphatic carbocycles. The maximum Gasteiger partial charge on any atom is 0.317 e. The van der Waals surface area contributed by atoms with Crippen LogP contribution in [0.3, 0.4) is 0 Å². The summed E-state index contributed by atoms with van der Waals surface area (Å²) in [6.07, 6.45) is 3.47. The number of hydrogen-bond donors (Lipinski definition) is 1. The van der Waals surface area contributed by atoms with E-state index in [2.05, 4.69) is 20.8 Å². The van der Waals surface area contributed by atoms with E-state index < -0.39 is 5.97 Å². The minimum atomic E-state index is -0.765. The van der Waals surface area contributed by atoms with Gasteiger partial charge in [0.05, 0.1) is 12.6 Å². The second-order valence-electron chi connectivity index (χ2n) is 5.59. The Labute approximate surface area is 104 Å². The Bertz CT molecular complexity index is 265. The van der Waals surface area contributed by atoms with E-state index in [4.69, 9.17) is 9.84 Å². The van der Waals surface area contributed by atoms with E-state index in [0.717, 1.165) is 25.9 Å². The van der Waals surface area contributed by atoms with Gasteiger partial charge in [0.2, 0.25) is 0 Å². The smallest absolute Gasteiger partial charge is 0.317 e. The molecule has 0 spiro atoms. The monoisotopic (exact) mass is 243 g/mol. The highest BCUT2D eigenvalue weighted by atomic mass is 16.5. The lowest BCUT2D eigenvalue weighted by Gasteiger charge is -2.54. The molecular weight excluding hydrogens is 218 g/mol. The van der Waals surface area contributed by atoms with Gasteiger partial charge in [-0.2, -0.15) is 0 Å². The summed E-state index contributed by atoms with van der Waals surface area (Å²) >= 11 is 0. The highest BCUT2D eigenvalue weighted by Crippen LogP contribution is 2.45. The first kappa shape index (κ1) is 14.5. The van der Waals surface area contributed by atoms with Gasteiger partial charge in [-0.05, 0) is 19.9 Å². The first-order valence-electron chi connectivity index (χ1n) is 6.43. The largest absolute Gasteiger partial charge is 0.480 e. The van der Waals surface area contributed by atoms with Crippen molar-refractivity contribution >= 4 is 5.97 Å². The van der Waals surface area contributed by atoms with Crippen LogP contribution in [0.2, 0.25) is 0 Å². The second kappa shape index (κ2) is 5.83. The number of carboxylic acids is 1. The van der Waals surface area contributed by atoms with Crippen LogP contribution in [0.4, 0.5) is 0 Å². The topological polar surface area (TPSA) is 49.8 Å². The molecule has 1 fully saturated rings. The first-order chi connectivity index (χ1) is 7.89. The Morgan fingerprint density at radius 2 is 2.18 bits per heavy atom. The standard InChI is InChI=1S/C13H25NO3/c1-5-6-7-17-11-8-10(13(11,2)3)14(4)9-12(15)16/h10-11H,5-9H2,1-4H3,(H,15,16)/t10-,11-/m0/s1. The van der Waals surface area contributed by atoms with Crippen molar-refractivity contribution in [2.24, 2.45) is 5.41 Å². The Kier molecular flexibility index (Phi) is 4.95. The zero-order valence-electron chi connectivity index (χ0n) is 11.4. The van der Waals surface area contributed by atoms with Crippen LogP contribution >= 0.6 is 0 Å². The molecule has 0 bridgehead atoms. The molecule has 0 aromatic heterocycles. The number of rotatable bonds is 7. The van der Waals surface area contributed by atoms with Gasteiger partial charge >= 0.3 is 5.97 Å². The number of ether oxygens (including phenoxy) is 1. The van der Waals surface area contributed by atoms with E-state index in [1.54, 1.807) is 0 Å².